The number of benzene rings is 1. The number of alkyl carbamates (subject to hydrolysis) is 1. The standard InChI is InChI=1S/C19H25NO8/c1-19(2,3)28-18(24)20-10-17(23)27-12-14-7-5-6-13(8-14)11-26-16(22)9-15(21)25-4/h5-8H,9-12H2,1-4H3,(H,20,24). The smallest absolute Gasteiger partial charge is 0.408 e. The Kier molecular flexibility index (Phi) is 8.94. The molecule has 28 heavy (non-hydrogen) atoms. The van der Waals surface area contributed by atoms with Crippen molar-refractivity contribution in [2.45, 2.75) is 46.0 Å². The van der Waals surface area contributed by atoms with Gasteiger partial charge in [0.25, 0.3) is 0 Å². The molecule has 1 N–H and O–H groups in total. The number of hydrogen-bond acceptors (Lipinski definition) is 8. The number of hydrogen-bond donors (Lipinski definition) is 1. The van der Waals surface area contributed by atoms with Crippen LogP contribution in [0.2, 0.25) is 0 Å². The monoisotopic (exact) mass is 395 g/mol. The minimum Gasteiger partial charge on any atom is -0.469 e. The first-order valence-electron chi connectivity index (χ1n) is 8.52. The van der Waals surface area contributed by atoms with Gasteiger partial charge in [0.05, 0.1) is 7.11 Å². The van der Waals surface area contributed by atoms with Gasteiger partial charge >= 0.3 is 24.0 Å². The van der Waals surface area contributed by atoms with Crippen LogP contribution in [0, 0.1) is 0 Å². The number of carbonyl (C=O) groups is 4. The summed E-state index contributed by atoms with van der Waals surface area (Å²) in [5, 5.41) is 2.31. The Morgan fingerprint density at radius 1 is 0.929 bits per heavy atom. The molecule has 154 valence electrons. The molecular formula is C19H25NO8. The topological polar surface area (TPSA) is 117 Å². The van der Waals surface area contributed by atoms with Gasteiger partial charge in [0.2, 0.25) is 0 Å². The average Bonchev–Trinajstić information content (AvgIpc) is 2.62. The molecular weight excluding hydrogens is 370 g/mol. The van der Waals surface area contributed by atoms with Gasteiger partial charge < -0.3 is 24.3 Å². The summed E-state index contributed by atoms with van der Waals surface area (Å²) < 4.78 is 19.5. The number of rotatable bonds is 8. The van der Waals surface area contributed by atoms with Gasteiger partial charge in [-0.05, 0) is 38.0 Å². The van der Waals surface area contributed by atoms with Gasteiger partial charge in [0, 0.05) is 0 Å². The van der Waals surface area contributed by atoms with E-state index in [0.717, 1.165) is 0 Å². The van der Waals surface area contributed by atoms with Crippen LogP contribution >= 0.6 is 0 Å². The molecule has 0 aliphatic heterocycles. The molecule has 0 spiro atoms. The number of ether oxygens (including phenoxy) is 4. The van der Waals surface area contributed by atoms with Gasteiger partial charge in [0.15, 0.2) is 0 Å². The summed E-state index contributed by atoms with van der Waals surface area (Å²) in [5.74, 6) is -2.00. The van der Waals surface area contributed by atoms with Crippen LogP contribution < -0.4 is 5.32 Å². The minimum absolute atomic E-state index is 0.0151. The predicted molar refractivity (Wildman–Crippen MR) is 96.9 cm³/mol. The fraction of sp³-hybridized carbons (Fsp3) is 0.474. The Bertz CT molecular complexity index is 708. The van der Waals surface area contributed by atoms with Crippen molar-refractivity contribution in [3.8, 4) is 0 Å². The average molecular weight is 395 g/mol. The molecule has 1 aromatic carbocycles. The zero-order valence-electron chi connectivity index (χ0n) is 16.4. The van der Waals surface area contributed by atoms with Crippen LogP contribution in [0.4, 0.5) is 4.79 Å². The molecule has 1 amide bonds. The van der Waals surface area contributed by atoms with E-state index in [0.29, 0.717) is 11.1 Å². The molecule has 1 aromatic rings. The van der Waals surface area contributed by atoms with Gasteiger partial charge in [-0.15, -0.1) is 0 Å². The molecule has 1 rings (SSSR count). The van der Waals surface area contributed by atoms with E-state index in [-0.39, 0.29) is 19.8 Å². The maximum absolute atomic E-state index is 11.7. The zero-order chi connectivity index (χ0) is 21.2. The highest BCUT2D eigenvalue weighted by Gasteiger charge is 2.17. The Morgan fingerprint density at radius 3 is 2.04 bits per heavy atom. The molecule has 0 fully saturated rings. The lowest BCUT2D eigenvalue weighted by Crippen LogP contribution is -2.36. The molecule has 9 heteroatoms. The molecule has 9 nitrogen and oxygen atoms in total. The molecule has 0 aliphatic carbocycles. The molecule has 0 heterocycles. The maximum Gasteiger partial charge on any atom is 0.408 e. The predicted octanol–water partition coefficient (Wildman–Crippen LogP) is 1.86. The summed E-state index contributed by atoms with van der Waals surface area (Å²) in [7, 11) is 1.18. The second kappa shape index (κ2) is 10.9. The van der Waals surface area contributed by atoms with Gasteiger partial charge in [0.1, 0.15) is 31.8 Å². The fourth-order valence-electron chi connectivity index (χ4n) is 1.89. The molecule has 0 atom stereocenters. The van der Waals surface area contributed by atoms with E-state index in [9.17, 15) is 19.2 Å². The summed E-state index contributed by atoms with van der Waals surface area (Å²) in [6.07, 6.45) is -1.17. The molecule has 0 aromatic heterocycles. The minimum atomic E-state index is -0.708. The second-order valence-corrected chi connectivity index (χ2v) is 6.75. The van der Waals surface area contributed by atoms with Crippen LogP contribution in [-0.4, -0.2) is 43.3 Å². The van der Waals surface area contributed by atoms with Crippen molar-refractivity contribution < 1.29 is 38.1 Å². The van der Waals surface area contributed by atoms with Crippen LogP contribution in [0.1, 0.15) is 38.3 Å². The number of amides is 1. The summed E-state index contributed by atoms with van der Waals surface area (Å²) in [6.45, 7) is 4.77. The molecule has 0 aliphatic rings. The van der Waals surface area contributed by atoms with E-state index in [1.165, 1.54) is 7.11 Å². The Labute approximate surface area is 163 Å². The third-order valence-electron chi connectivity index (χ3n) is 3.08. The zero-order valence-corrected chi connectivity index (χ0v) is 16.4. The van der Waals surface area contributed by atoms with Crippen LogP contribution in [0.15, 0.2) is 24.3 Å². The van der Waals surface area contributed by atoms with Crippen molar-refractivity contribution in [2.24, 2.45) is 0 Å². The highest BCUT2D eigenvalue weighted by molar-refractivity contribution is 5.91. The second-order valence-electron chi connectivity index (χ2n) is 6.75. The van der Waals surface area contributed by atoms with E-state index >= 15 is 0 Å². The van der Waals surface area contributed by atoms with Crippen molar-refractivity contribution in [2.75, 3.05) is 13.7 Å². The first-order valence-corrected chi connectivity index (χ1v) is 8.52. The molecule has 0 radical (unpaired) electrons. The summed E-state index contributed by atoms with van der Waals surface area (Å²) in [5.41, 5.74) is 0.681. The van der Waals surface area contributed by atoms with E-state index in [2.05, 4.69) is 10.1 Å². The normalized spacial score (nSPS) is 10.6. The summed E-state index contributed by atoms with van der Waals surface area (Å²) in [6, 6.07) is 6.86. The van der Waals surface area contributed by atoms with E-state index < -0.39 is 36.0 Å². The fourth-order valence-corrected chi connectivity index (χ4v) is 1.89. The van der Waals surface area contributed by atoms with Gasteiger partial charge in [-0.25, -0.2) is 4.79 Å². The van der Waals surface area contributed by atoms with Crippen LogP contribution in [-0.2, 0) is 46.5 Å². The van der Waals surface area contributed by atoms with Gasteiger partial charge in [-0.2, -0.15) is 0 Å². The highest BCUT2D eigenvalue weighted by Crippen LogP contribution is 2.09. The number of esters is 3. The summed E-state index contributed by atoms with van der Waals surface area (Å²) in [4.78, 5) is 45.7. The van der Waals surface area contributed by atoms with Crippen LogP contribution in [0.3, 0.4) is 0 Å². The SMILES string of the molecule is COC(=O)CC(=O)OCc1cccc(COC(=O)CNC(=O)OC(C)(C)C)c1. The number of nitrogens with one attached hydrogen (secondary N) is 1. The molecule has 0 saturated heterocycles. The Hall–Kier alpha value is -3.10. The highest BCUT2D eigenvalue weighted by atomic mass is 16.6. The quantitative estimate of drug-likeness (QED) is 0.403. The molecule has 0 bridgehead atoms. The van der Waals surface area contributed by atoms with Crippen molar-refractivity contribution >= 4 is 24.0 Å². The number of methoxy groups -OCH3 is 1. The third-order valence-corrected chi connectivity index (χ3v) is 3.08. The summed E-state index contributed by atoms with van der Waals surface area (Å²) >= 11 is 0. The van der Waals surface area contributed by atoms with Crippen LogP contribution in [0.25, 0.3) is 0 Å². The van der Waals surface area contributed by atoms with Gasteiger partial charge in [-0.1, -0.05) is 18.2 Å². The van der Waals surface area contributed by atoms with Crippen molar-refractivity contribution in [3.05, 3.63) is 35.4 Å². The van der Waals surface area contributed by atoms with Crippen LogP contribution in [0.5, 0.6) is 0 Å². The largest absolute Gasteiger partial charge is 0.469 e. The van der Waals surface area contributed by atoms with E-state index in [4.69, 9.17) is 14.2 Å². The lowest BCUT2D eigenvalue weighted by Gasteiger charge is -2.19. The first-order chi connectivity index (χ1) is 13.1. The number of carbonyl (C=O) groups excluding carboxylic acids is 4. The van der Waals surface area contributed by atoms with E-state index in [1.807, 2.05) is 0 Å². The lowest BCUT2D eigenvalue weighted by molar-refractivity contribution is -0.153. The Balaban J connectivity index is 2.40. The molecule has 0 unspecified atom stereocenters. The van der Waals surface area contributed by atoms with Crippen molar-refractivity contribution in [1.82, 2.24) is 5.32 Å². The maximum atomic E-state index is 11.7. The van der Waals surface area contributed by atoms with Crippen molar-refractivity contribution in [3.63, 3.8) is 0 Å². The lowest BCUT2D eigenvalue weighted by atomic mass is 10.1. The van der Waals surface area contributed by atoms with Gasteiger partial charge in [-0.3, -0.25) is 14.4 Å². The first kappa shape index (κ1) is 22.9. The van der Waals surface area contributed by atoms with E-state index in [1.54, 1.807) is 45.0 Å². The molecule has 0 saturated carbocycles. The van der Waals surface area contributed by atoms with Crippen molar-refractivity contribution in [1.29, 1.82) is 0 Å². The Morgan fingerprint density at radius 2 is 1.50 bits per heavy atom. The third kappa shape index (κ3) is 10.1.